The maximum absolute atomic E-state index is 14.4. The molecule has 0 N–H and O–H groups in total. The van der Waals surface area contributed by atoms with Crippen LogP contribution in [0.4, 0.5) is 10.1 Å². The number of rotatable bonds is 7. The minimum Gasteiger partial charge on any atom is -0.490 e. The smallest absolute Gasteiger partial charge is 0.266 e. The van der Waals surface area contributed by atoms with E-state index in [9.17, 15) is 14.0 Å². The van der Waals surface area contributed by atoms with Crippen molar-refractivity contribution in [2.75, 3.05) is 18.6 Å². The van der Waals surface area contributed by atoms with Crippen LogP contribution in [0.5, 0.6) is 11.5 Å². The van der Waals surface area contributed by atoms with Crippen molar-refractivity contribution in [1.82, 2.24) is 5.06 Å². The summed E-state index contributed by atoms with van der Waals surface area (Å²) in [7, 11) is 1.68. The zero-order chi connectivity index (χ0) is 24.5. The van der Waals surface area contributed by atoms with Crippen molar-refractivity contribution >= 4 is 17.5 Å². The predicted octanol–water partition coefficient (Wildman–Crippen LogP) is 4.28. The van der Waals surface area contributed by atoms with Crippen LogP contribution in [0.1, 0.15) is 24.1 Å². The van der Waals surface area contributed by atoms with Gasteiger partial charge >= 0.3 is 0 Å². The summed E-state index contributed by atoms with van der Waals surface area (Å²) >= 11 is 0. The van der Waals surface area contributed by atoms with Gasteiger partial charge in [0.1, 0.15) is 12.4 Å². The van der Waals surface area contributed by atoms with Crippen LogP contribution >= 0.6 is 0 Å². The van der Waals surface area contributed by atoms with Crippen molar-refractivity contribution < 1.29 is 28.3 Å². The van der Waals surface area contributed by atoms with E-state index in [-0.39, 0.29) is 5.69 Å². The van der Waals surface area contributed by atoms with E-state index in [0.717, 1.165) is 16.0 Å². The van der Waals surface area contributed by atoms with Gasteiger partial charge in [-0.1, -0.05) is 48.5 Å². The summed E-state index contributed by atoms with van der Waals surface area (Å²) in [6.45, 7) is 2.68. The number of ether oxygens (including phenoxy) is 2. The number of amides is 2. The summed E-state index contributed by atoms with van der Waals surface area (Å²) < 4.78 is 26.2. The normalized spacial score (nSPS) is 21.9. The lowest BCUT2D eigenvalue weighted by Crippen LogP contribution is -2.36. The summed E-state index contributed by atoms with van der Waals surface area (Å²) in [4.78, 5) is 33.1. The molecule has 3 aromatic rings. The molecule has 0 unspecified atom stereocenters. The van der Waals surface area contributed by atoms with Gasteiger partial charge in [0.05, 0.1) is 24.3 Å². The number of hydroxylamine groups is 2. The van der Waals surface area contributed by atoms with Crippen molar-refractivity contribution in [2.24, 2.45) is 5.92 Å². The fourth-order valence-electron chi connectivity index (χ4n) is 4.67. The molecule has 2 amide bonds. The number of carbonyl (C=O) groups excluding carboxylic acids is 2. The number of benzene rings is 3. The van der Waals surface area contributed by atoms with E-state index in [0.29, 0.717) is 24.7 Å². The summed E-state index contributed by atoms with van der Waals surface area (Å²) in [5, 5.41) is 1.51. The van der Waals surface area contributed by atoms with Gasteiger partial charge in [-0.2, -0.15) is 5.06 Å². The molecule has 2 aliphatic rings. The van der Waals surface area contributed by atoms with E-state index in [4.69, 9.17) is 14.3 Å². The minimum absolute atomic E-state index is 0.0680. The molecule has 2 aliphatic heterocycles. The van der Waals surface area contributed by atoms with Gasteiger partial charge < -0.3 is 9.47 Å². The van der Waals surface area contributed by atoms with Crippen LogP contribution in [0.3, 0.4) is 0 Å². The Labute approximate surface area is 202 Å². The Morgan fingerprint density at radius 3 is 2.40 bits per heavy atom. The van der Waals surface area contributed by atoms with E-state index in [2.05, 4.69) is 0 Å². The van der Waals surface area contributed by atoms with Gasteiger partial charge in [-0.25, -0.2) is 9.29 Å². The first-order chi connectivity index (χ1) is 17.0. The van der Waals surface area contributed by atoms with Crippen molar-refractivity contribution in [1.29, 1.82) is 0 Å². The lowest BCUT2D eigenvalue weighted by Gasteiger charge is -2.25. The van der Waals surface area contributed by atoms with Gasteiger partial charge in [0.2, 0.25) is 5.91 Å². The molecule has 0 spiro atoms. The molecule has 3 atom stereocenters. The second kappa shape index (κ2) is 9.48. The molecule has 8 heteroatoms. The number of carbonyl (C=O) groups is 2. The molecule has 35 heavy (non-hydrogen) atoms. The topological polar surface area (TPSA) is 68.3 Å². The van der Waals surface area contributed by atoms with Crippen molar-refractivity contribution in [2.45, 2.75) is 25.7 Å². The molecule has 3 aromatic carbocycles. The number of imide groups is 1. The minimum atomic E-state index is -1.03. The first-order valence-electron chi connectivity index (χ1n) is 11.4. The first-order valence-corrected chi connectivity index (χ1v) is 11.4. The van der Waals surface area contributed by atoms with E-state index in [1.807, 2.05) is 43.3 Å². The zero-order valence-electron chi connectivity index (χ0n) is 19.4. The highest BCUT2D eigenvalue weighted by molar-refractivity contribution is 6.23. The molecule has 5 rings (SSSR count). The third-order valence-corrected chi connectivity index (χ3v) is 6.25. The molecule has 0 radical (unpaired) electrons. The third-order valence-electron chi connectivity index (χ3n) is 6.25. The zero-order valence-corrected chi connectivity index (χ0v) is 19.4. The van der Waals surface area contributed by atoms with Gasteiger partial charge in [0.25, 0.3) is 5.91 Å². The van der Waals surface area contributed by atoms with E-state index >= 15 is 0 Å². The summed E-state index contributed by atoms with van der Waals surface area (Å²) in [5.74, 6) is -1.44. The average Bonchev–Trinajstić information content (AvgIpc) is 3.32. The maximum atomic E-state index is 14.4. The number of hydrogen-bond donors (Lipinski definition) is 0. The van der Waals surface area contributed by atoms with E-state index < -0.39 is 35.7 Å². The lowest BCUT2D eigenvalue weighted by atomic mass is 9.91. The Morgan fingerprint density at radius 1 is 0.914 bits per heavy atom. The first kappa shape index (κ1) is 23.0. The molecule has 0 aromatic heterocycles. The highest BCUT2D eigenvalue weighted by Crippen LogP contribution is 2.46. The van der Waals surface area contributed by atoms with Crippen LogP contribution in [0.2, 0.25) is 0 Å². The average molecular weight is 477 g/mol. The van der Waals surface area contributed by atoms with Crippen LogP contribution in [0.15, 0.2) is 72.8 Å². The van der Waals surface area contributed by atoms with E-state index in [1.165, 1.54) is 23.3 Å². The molecule has 0 saturated carbocycles. The Balaban J connectivity index is 1.44. The quantitative estimate of drug-likeness (QED) is 0.474. The third kappa shape index (κ3) is 4.15. The summed E-state index contributed by atoms with van der Waals surface area (Å²) in [6, 6.07) is 20.4. The molecule has 2 fully saturated rings. The van der Waals surface area contributed by atoms with Crippen molar-refractivity contribution in [3.63, 3.8) is 0 Å². The fraction of sp³-hybridized carbons (Fsp3) is 0.259. The van der Waals surface area contributed by atoms with Crippen LogP contribution < -0.4 is 14.4 Å². The van der Waals surface area contributed by atoms with Gasteiger partial charge in [-0.3, -0.25) is 14.4 Å². The molecule has 2 saturated heterocycles. The Hall–Kier alpha value is -3.75. The monoisotopic (exact) mass is 476 g/mol. The number of hydrogen-bond acceptors (Lipinski definition) is 6. The van der Waals surface area contributed by atoms with Gasteiger partial charge in [0, 0.05) is 7.05 Å². The van der Waals surface area contributed by atoms with Crippen LogP contribution in [0.25, 0.3) is 0 Å². The second-order valence-electron chi connectivity index (χ2n) is 8.42. The fourth-order valence-corrected chi connectivity index (χ4v) is 4.67. The molecule has 180 valence electrons. The molecular weight excluding hydrogens is 451 g/mol. The number of anilines is 1. The van der Waals surface area contributed by atoms with Gasteiger partial charge in [-0.05, 0) is 42.3 Å². The molecule has 7 nitrogen and oxygen atoms in total. The lowest BCUT2D eigenvalue weighted by molar-refractivity contribution is -0.160. The Bertz CT molecular complexity index is 1250. The Kier molecular flexibility index (Phi) is 6.23. The SMILES string of the molecule is CCOc1cc([C@H]2[C@H]3C(=O)N(c4ccccc4F)C(=O)[C@H]3ON2C)ccc1OCc1ccccc1. The number of halogens is 1. The summed E-state index contributed by atoms with van der Waals surface area (Å²) in [6.07, 6.45) is -1.03. The number of para-hydroxylation sites is 1. The van der Waals surface area contributed by atoms with Gasteiger partial charge in [0.15, 0.2) is 17.6 Å². The molecular formula is C27H25FN2O5. The van der Waals surface area contributed by atoms with Gasteiger partial charge in [-0.15, -0.1) is 0 Å². The van der Waals surface area contributed by atoms with Crippen molar-refractivity contribution in [3.05, 3.63) is 89.7 Å². The van der Waals surface area contributed by atoms with Crippen LogP contribution in [-0.2, 0) is 21.0 Å². The number of nitrogens with zero attached hydrogens (tertiary/aromatic N) is 2. The highest BCUT2D eigenvalue weighted by atomic mass is 19.1. The van der Waals surface area contributed by atoms with Crippen LogP contribution in [-0.4, -0.2) is 36.6 Å². The number of fused-ring (bicyclic) bond motifs is 1. The van der Waals surface area contributed by atoms with Crippen LogP contribution in [0, 0.1) is 11.7 Å². The molecule has 2 heterocycles. The molecule has 0 aliphatic carbocycles. The highest BCUT2D eigenvalue weighted by Gasteiger charge is 2.59. The second-order valence-corrected chi connectivity index (χ2v) is 8.42. The van der Waals surface area contributed by atoms with E-state index in [1.54, 1.807) is 25.2 Å². The molecule has 0 bridgehead atoms. The summed E-state index contributed by atoms with van der Waals surface area (Å²) in [5.41, 5.74) is 1.68. The Morgan fingerprint density at radius 2 is 1.66 bits per heavy atom. The predicted molar refractivity (Wildman–Crippen MR) is 126 cm³/mol. The van der Waals surface area contributed by atoms with Crippen molar-refractivity contribution in [3.8, 4) is 11.5 Å². The largest absolute Gasteiger partial charge is 0.490 e. The standard InChI is InChI=1S/C27H25FN2O5/c1-3-33-22-15-18(13-14-21(22)34-16-17-9-5-4-6-10-17)24-23-25(35-29(24)2)27(32)30(26(23)31)20-12-8-7-11-19(20)28/h4-15,23-25H,3,16H2,1-2H3/t23-,24+,25+/m1/s1. The maximum Gasteiger partial charge on any atom is 0.266 e.